The first-order valence-electron chi connectivity index (χ1n) is 6.62. The summed E-state index contributed by atoms with van der Waals surface area (Å²) >= 11 is 0. The van der Waals surface area contributed by atoms with E-state index in [0.717, 1.165) is 11.0 Å². The molecule has 0 radical (unpaired) electrons. The molecule has 0 amide bonds. The predicted molar refractivity (Wildman–Crippen MR) is 77.7 cm³/mol. The molecule has 0 fully saturated rings. The van der Waals surface area contributed by atoms with E-state index < -0.39 is 5.97 Å². The number of para-hydroxylation sites is 1. The second kappa shape index (κ2) is 4.97. The fraction of sp³-hybridized carbons (Fsp3) is 0.200. The molecule has 0 aliphatic rings. The van der Waals surface area contributed by atoms with Crippen LogP contribution in [-0.4, -0.2) is 31.1 Å². The quantitative estimate of drug-likeness (QED) is 0.798. The van der Waals surface area contributed by atoms with Gasteiger partial charge in [0.05, 0.1) is 11.1 Å². The molecule has 0 aliphatic heterocycles. The minimum absolute atomic E-state index is 0.123. The molecule has 1 N–H and O–H groups in total. The minimum Gasteiger partial charge on any atom is -0.478 e. The summed E-state index contributed by atoms with van der Waals surface area (Å²) < 4.78 is 1.56. The number of pyridine rings is 1. The molecule has 0 saturated heterocycles. The first-order valence-corrected chi connectivity index (χ1v) is 6.62. The highest BCUT2D eigenvalue weighted by Crippen LogP contribution is 2.20. The van der Waals surface area contributed by atoms with E-state index in [1.54, 1.807) is 10.7 Å². The van der Waals surface area contributed by atoms with Crippen molar-refractivity contribution in [2.75, 3.05) is 0 Å². The summed E-state index contributed by atoms with van der Waals surface area (Å²) in [7, 11) is 0. The first kappa shape index (κ1) is 13.2. The third-order valence-corrected chi connectivity index (χ3v) is 3.24. The molecule has 2 aromatic heterocycles. The molecule has 0 saturated carbocycles. The Bertz CT molecular complexity index is 823. The summed E-state index contributed by atoms with van der Waals surface area (Å²) in [5.41, 5.74) is 2.45. The number of nitrogens with zero attached hydrogens (tertiary/aromatic N) is 4. The van der Waals surface area contributed by atoms with E-state index in [0.29, 0.717) is 11.5 Å². The average Bonchev–Trinajstić information content (AvgIpc) is 2.90. The number of carboxylic acid groups (broad SMARTS) is 1. The highest BCUT2D eigenvalue weighted by molar-refractivity contribution is 5.88. The zero-order chi connectivity index (χ0) is 15.0. The predicted octanol–water partition coefficient (Wildman–Crippen LogP) is 2.64. The van der Waals surface area contributed by atoms with Gasteiger partial charge in [-0.15, -0.1) is 5.10 Å². The summed E-state index contributed by atoms with van der Waals surface area (Å²) in [4.78, 5) is 15.8. The van der Waals surface area contributed by atoms with Crippen LogP contribution in [0, 0.1) is 0 Å². The Morgan fingerprint density at radius 1 is 1.24 bits per heavy atom. The van der Waals surface area contributed by atoms with Crippen LogP contribution in [0.2, 0.25) is 0 Å². The van der Waals surface area contributed by atoms with Crippen molar-refractivity contribution in [3.63, 3.8) is 0 Å². The molecule has 3 rings (SSSR count). The topological polar surface area (TPSA) is 80.9 Å². The van der Waals surface area contributed by atoms with Crippen LogP contribution >= 0.6 is 0 Å². The average molecular weight is 282 g/mol. The van der Waals surface area contributed by atoms with Gasteiger partial charge in [-0.2, -0.15) is 4.68 Å². The van der Waals surface area contributed by atoms with Crippen LogP contribution in [0.15, 0.2) is 36.4 Å². The number of rotatable bonds is 3. The number of carbonyl (C=O) groups is 1. The Morgan fingerprint density at radius 2 is 2.00 bits per heavy atom. The molecular weight excluding hydrogens is 268 g/mol. The van der Waals surface area contributed by atoms with Crippen molar-refractivity contribution in [2.45, 2.75) is 19.8 Å². The molecule has 3 aromatic rings. The molecule has 0 unspecified atom stereocenters. The van der Waals surface area contributed by atoms with E-state index in [9.17, 15) is 9.90 Å². The fourth-order valence-electron chi connectivity index (χ4n) is 2.10. The van der Waals surface area contributed by atoms with Gasteiger partial charge in [-0.05, 0) is 30.2 Å². The number of hydrogen-bond donors (Lipinski definition) is 1. The summed E-state index contributed by atoms with van der Waals surface area (Å²) in [5, 5.41) is 17.4. The van der Waals surface area contributed by atoms with E-state index in [1.165, 1.54) is 6.07 Å². The minimum atomic E-state index is -0.982. The van der Waals surface area contributed by atoms with Crippen molar-refractivity contribution >= 4 is 17.0 Å². The van der Waals surface area contributed by atoms with Gasteiger partial charge in [0.2, 0.25) is 0 Å². The highest BCUT2D eigenvalue weighted by Gasteiger charge is 2.14. The van der Waals surface area contributed by atoms with Crippen LogP contribution in [0.1, 0.15) is 35.8 Å². The third kappa shape index (κ3) is 2.35. The summed E-state index contributed by atoms with van der Waals surface area (Å²) in [6, 6.07) is 10.6. The van der Waals surface area contributed by atoms with Gasteiger partial charge in [-0.3, -0.25) is 0 Å². The molecule has 0 aliphatic carbocycles. The van der Waals surface area contributed by atoms with E-state index in [1.807, 2.05) is 38.1 Å². The largest absolute Gasteiger partial charge is 0.478 e. The summed E-state index contributed by atoms with van der Waals surface area (Å²) in [5.74, 6) is -0.393. The Kier molecular flexibility index (Phi) is 3.13. The number of hydrogen-bond acceptors (Lipinski definition) is 4. The number of aromatic nitrogens is 4. The van der Waals surface area contributed by atoms with Gasteiger partial charge in [0.25, 0.3) is 0 Å². The van der Waals surface area contributed by atoms with Gasteiger partial charge in [-0.1, -0.05) is 31.2 Å². The van der Waals surface area contributed by atoms with E-state index in [4.69, 9.17) is 0 Å². The summed E-state index contributed by atoms with van der Waals surface area (Å²) in [6.07, 6.45) is 0. The van der Waals surface area contributed by atoms with Crippen LogP contribution in [0.4, 0.5) is 0 Å². The Morgan fingerprint density at radius 3 is 2.71 bits per heavy atom. The van der Waals surface area contributed by atoms with Gasteiger partial charge in [0, 0.05) is 5.69 Å². The van der Waals surface area contributed by atoms with Crippen LogP contribution in [0.25, 0.3) is 16.9 Å². The maximum absolute atomic E-state index is 11.3. The van der Waals surface area contributed by atoms with Crippen LogP contribution in [0.3, 0.4) is 0 Å². The molecule has 106 valence electrons. The van der Waals surface area contributed by atoms with Crippen molar-refractivity contribution in [1.82, 2.24) is 20.0 Å². The van der Waals surface area contributed by atoms with Crippen molar-refractivity contribution in [1.29, 1.82) is 0 Å². The zero-order valence-electron chi connectivity index (χ0n) is 11.7. The standard InChI is InChI=1S/C15H14N4O2/c1-9(2)12-7-10(15(20)21)8-14(16-12)19-13-6-4-3-5-11(13)17-18-19/h3-9H,1-2H3,(H,20,21). The molecule has 21 heavy (non-hydrogen) atoms. The van der Waals surface area contributed by atoms with Crippen LogP contribution in [-0.2, 0) is 0 Å². The van der Waals surface area contributed by atoms with Gasteiger partial charge >= 0.3 is 5.97 Å². The smallest absolute Gasteiger partial charge is 0.335 e. The number of carboxylic acids is 1. The third-order valence-electron chi connectivity index (χ3n) is 3.24. The van der Waals surface area contributed by atoms with Crippen LogP contribution < -0.4 is 0 Å². The number of fused-ring (bicyclic) bond motifs is 1. The van der Waals surface area contributed by atoms with Gasteiger partial charge in [0.15, 0.2) is 5.82 Å². The highest BCUT2D eigenvalue weighted by atomic mass is 16.4. The second-order valence-corrected chi connectivity index (χ2v) is 5.09. The maximum Gasteiger partial charge on any atom is 0.335 e. The lowest BCUT2D eigenvalue weighted by atomic mass is 10.1. The Balaban J connectivity index is 2.24. The molecule has 2 heterocycles. The second-order valence-electron chi connectivity index (χ2n) is 5.09. The molecule has 0 atom stereocenters. The van der Waals surface area contributed by atoms with E-state index in [-0.39, 0.29) is 11.5 Å². The zero-order valence-corrected chi connectivity index (χ0v) is 11.7. The molecular formula is C15H14N4O2. The summed E-state index contributed by atoms with van der Waals surface area (Å²) in [6.45, 7) is 3.94. The van der Waals surface area contributed by atoms with Crippen molar-refractivity contribution < 1.29 is 9.90 Å². The molecule has 0 spiro atoms. The van der Waals surface area contributed by atoms with Gasteiger partial charge < -0.3 is 5.11 Å². The Labute approximate surface area is 121 Å². The van der Waals surface area contributed by atoms with Crippen molar-refractivity contribution in [3.05, 3.63) is 47.7 Å². The number of aromatic carboxylic acids is 1. The monoisotopic (exact) mass is 282 g/mol. The molecule has 6 nitrogen and oxygen atoms in total. The van der Waals surface area contributed by atoms with Crippen LogP contribution in [0.5, 0.6) is 0 Å². The molecule has 1 aromatic carbocycles. The van der Waals surface area contributed by atoms with Crippen molar-refractivity contribution in [2.24, 2.45) is 0 Å². The lowest BCUT2D eigenvalue weighted by molar-refractivity contribution is 0.0696. The van der Waals surface area contributed by atoms with E-state index >= 15 is 0 Å². The van der Waals surface area contributed by atoms with E-state index in [2.05, 4.69) is 15.3 Å². The maximum atomic E-state index is 11.3. The first-order chi connectivity index (χ1) is 10.1. The van der Waals surface area contributed by atoms with Gasteiger partial charge in [0.1, 0.15) is 5.52 Å². The lowest BCUT2D eigenvalue weighted by Crippen LogP contribution is -2.07. The fourth-order valence-corrected chi connectivity index (χ4v) is 2.10. The SMILES string of the molecule is CC(C)c1cc(C(=O)O)cc(-n2nnc3ccccc32)n1. The Hall–Kier alpha value is -2.76. The molecule has 6 heteroatoms. The van der Waals surface area contributed by atoms with Crippen molar-refractivity contribution in [3.8, 4) is 5.82 Å². The van der Waals surface area contributed by atoms with Gasteiger partial charge in [-0.25, -0.2) is 9.78 Å². The normalized spacial score (nSPS) is 11.2. The lowest BCUT2D eigenvalue weighted by Gasteiger charge is -2.09. The molecule has 0 bridgehead atoms. The number of benzene rings is 1.